The lowest BCUT2D eigenvalue weighted by Gasteiger charge is -2.08. The number of ketones is 1. The van der Waals surface area contributed by atoms with Gasteiger partial charge in [-0.05, 0) is 37.3 Å². The van der Waals surface area contributed by atoms with Gasteiger partial charge in [-0.15, -0.1) is 0 Å². The number of Topliss-reactive ketones (excluding diaryl/α,β-unsaturated/α-hetero) is 1. The number of allylic oxidation sites excluding steroid dienone is 2. The average Bonchev–Trinajstić information content (AvgIpc) is 3.02. The normalized spacial score (nSPS) is 11.4. The zero-order valence-electron chi connectivity index (χ0n) is 14.4. The Morgan fingerprint density at radius 2 is 2.12 bits per heavy atom. The van der Waals surface area contributed by atoms with Gasteiger partial charge in [-0.2, -0.15) is 0 Å². The highest BCUT2D eigenvalue weighted by Gasteiger charge is 2.17. The summed E-state index contributed by atoms with van der Waals surface area (Å²) < 4.78 is 0. The summed E-state index contributed by atoms with van der Waals surface area (Å²) in [5.41, 5.74) is 3.33. The molecule has 0 unspecified atom stereocenters. The highest BCUT2D eigenvalue weighted by molar-refractivity contribution is 6.30. The molecule has 6 nitrogen and oxygen atoms in total. The van der Waals surface area contributed by atoms with E-state index in [-0.39, 0.29) is 5.78 Å². The Kier molecular flexibility index (Phi) is 5.04. The quantitative estimate of drug-likeness (QED) is 0.297. The minimum absolute atomic E-state index is 0.202. The number of hydrogen-bond donors (Lipinski definition) is 4. The number of fused-ring (bicyclic) bond motifs is 1. The first-order valence-electron chi connectivity index (χ1n) is 7.97. The molecule has 0 amide bonds. The van der Waals surface area contributed by atoms with Gasteiger partial charge < -0.3 is 21.0 Å². The molecule has 2 heterocycles. The first-order valence-corrected chi connectivity index (χ1v) is 8.34. The lowest BCUT2D eigenvalue weighted by atomic mass is 10.1. The van der Waals surface area contributed by atoms with Gasteiger partial charge in [0.1, 0.15) is 5.65 Å². The maximum atomic E-state index is 12.8. The van der Waals surface area contributed by atoms with Crippen LogP contribution in [0.1, 0.15) is 17.3 Å². The van der Waals surface area contributed by atoms with Crippen molar-refractivity contribution in [3.63, 3.8) is 0 Å². The molecule has 3 rings (SSSR count). The Hall–Kier alpha value is -3.12. The molecule has 0 atom stereocenters. The Morgan fingerprint density at radius 1 is 1.31 bits per heavy atom. The van der Waals surface area contributed by atoms with Crippen LogP contribution in [0.25, 0.3) is 11.0 Å². The third-order valence-electron chi connectivity index (χ3n) is 3.76. The molecule has 132 valence electrons. The number of aromatic amines is 1. The van der Waals surface area contributed by atoms with Gasteiger partial charge in [-0.25, -0.2) is 4.98 Å². The number of pyridine rings is 1. The smallest absolute Gasteiger partial charge is 0.211 e. The maximum Gasteiger partial charge on any atom is 0.211 e. The van der Waals surface area contributed by atoms with Crippen molar-refractivity contribution in [1.82, 2.24) is 15.3 Å². The van der Waals surface area contributed by atoms with E-state index in [0.29, 0.717) is 33.0 Å². The third-order valence-corrected chi connectivity index (χ3v) is 4.00. The van der Waals surface area contributed by atoms with E-state index in [1.54, 1.807) is 32.4 Å². The topological polar surface area (TPSA) is 93.7 Å². The molecule has 0 aliphatic heterocycles. The van der Waals surface area contributed by atoms with Crippen molar-refractivity contribution >= 4 is 45.5 Å². The van der Waals surface area contributed by atoms with Gasteiger partial charge in [0, 0.05) is 35.1 Å². The lowest BCUT2D eigenvalue weighted by Crippen LogP contribution is -2.17. The number of hydrogen-bond acceptors (Lipinski definition) is 5. The minimum atomic E-state index is -0.202. The Balaban J connectivity index is 1.98. The fourth-order valence-corrected chi connectivity index (χ4v) is 2.80. The van der Waals surface area contributed by atoms with Crippen LogP contribution in [0.2, 0.25) is 5.02 Å². The van der Waals surface area contributed by atoms with Gasteiger partial charge in [0.25, 0.3) is 0 Å². The first-order chi connectivity index (χ1) is 12.5. The summed E-state index contributed by atoms with van der Waals surface area (Å²) in [6.07, 6.45) is 4.82. The summed E-state index contributed by atoms with van der Waals surface area (Å²) in [5.74, 6) is -0.202. The van der Waals surface area contributed by atoms with Gasteiger partial charge in [0.05, 0.1) is 23.1 Å². The van der Waals surface area contributed by atoms with Crippen LogP contribution in [0.3, 0.4) is 0 Å². The molecule has 0 aliphatic rings. The molecular formula is C19H18ClN5O. The molecule has 3 aromatic rings. The van der Waals surface area contributed by atoms with Gasteiger partial charge in [0.15, 0.2) is 0 Å². The highest BCUT2D eigenvalue weighted by atomic mass is 35.5. The molecule has 0 radical (unpaired) electrons. The van der Waals surface area contributed by atoms with Crippen molar-refractivity contribution in [3.05, 3.63) is 65.1 Å². The number of carbonyl (C=O) groups is 1. The molecule has 0 spiro atoms. The standard InChI is InChI=1S/C19H18ClN5O/c1-11(21)6-17(22-2)18(26)16-10-24-19-15(16)8-14(9-23-19)25-13-5-3-4-12(20)7-13/h3-10,21-22,25H,1-2H3,(H,23,24)/b17-6-,21-11?. The van der Waals surface area contributed by atoms with Crippen LogP contribution < -0.4 is 10.6 Å². The summed E-state index contributed by atoms with van der Waals surface area (Å²) in [7, 11) is 1.66. The number of benzene rings is 1. The van der Waals surface area contributed by atoms with E-state index in [9.17, 15) is 4.79 Å². The number of nitrogens with zero attached hydrogens (tertiary/aromatic N) is 1. The van der Waals surface area contributed by atoms with Crippen LogP contribution in [0, 0.1) is 5.41 Å². The molecule has 26 heavy (non-hydrogen) atoms. The molecule has 0 saturated heterocycles. The Labute approximate surface area is 155 Å². The highest BCUT2D eigenvalue weighted by Crippen LogP contribution is 2.25. The molecule has 7 heteroatoms. The molecule has 0 bridgehead atoms. The van der Waals surface area contributed by atoms with Gasteiger partial charge >= 0.3 is 0 Å². The number of anilines is 2. The molecule has 0 saturated carbocycles. The van der Waals surface area contributed by atoms with Crippen molar-refractivity contribution in [3.8, 4) is 0 Å². The van der Waals surface area contributed by atoms with E-state index in [2.05, 4.69) is 20.6 Å². The monoisotopic (exact) mass is 367 g/mol. The number of H-pyrrole nitrogens is 1. The largest absolute Gasteiger partial charge is 0.385 e. The number of aromatic nitrogens is 2. The fraction of sp³-hybridized carbons (Fsp3) is 0.105. The van der Waals surface area contributed by atoms with Crippen molar-refractivity contribution in [2.75, 3.05) is 12.4 Å². The van der Waals surface area contributed by atoms with E-state index in [1.165, 1.54) is 6.08 Å². The second-order valence-electron chi connectivity index (χ2n) is 5.78. The summed E-state index contributed by atoms with van der Waals surface area (Å²) in [5, 5.41) is 15.0. The molecular weight excluding hydrogens is 350 g/mol. The Bertz CT molecular complexity index is 1020. The third kappa shape index (κ3) is 3.75. The number of likely N-dealkylation sites (N-methyl/N-ethyl adjacent to an activating group) is 1. The average molecular weight is 368 g/mol. The van der Waals surface area contributed by atoms with E-state index in [0.717, 1.165) is 11.4 Å². The number of nitrogens with one attached hydrogen (secondary N) is 4. The van der Waals surface area contributed by atoms with Crippen LogP contribution in [-0.4, -0.2) is 28.5 Å². The van der Waals surface area contributed by atoms with Crippen LogP contribution in [-0.2, 0) is 0 Å². The minimum Gasteiger partial charge on any atom is -0.385 e. The summed E-state index contributed by atoms with van der Waals surface area (Å²) in [6.45, 7) is 1.62. The second kappa shape index (κ2) is 7.41. The predicted molar refractivity (Wildman–Crippen MR) is 106 cm³/mol. The van der Waals surface area contributed by atoms with Crippen LogP contribution in [0.15, 0.2) is 54.5 Å². The predicted octanol–water partition coefficient (Wildman–Crippen LogP) is 4.29. The molecule has 0 fully saturated rings. The SMILES string of the molecule is CN/C(=C\C(C)=N)C(=O)c1c[nH]c2ncc(Nc3cccc(Cl)c3)cc12. The lowest BCUT2D eigenvalue weighted by molar-refractivity contribution is 0.103. The molecule has 4 N–H and O–H groups in total. The zero-order valence-corrected chi connectivity index (χ0v) is 15.1. The first kappa shape index (κ1) is 17.7. The van der Waals surface area contributed by atoms with E-state index >= 15 is 0 Å². The number of halogens is 1. The second-order valence-corrected chi connectivity index (χ2v) is 6.21. The van der Waals surface area contributed by atoms with Crippen molar-refractivity contribution in [2.45, 2.75) is 6.92 Å². The van der Waals surface area contributed by atoms with Crippen molar-refractivity contribution in [1.29, 1.82) is 5.41 Å². The van der Waals surface area contributed by atoms with Crippen LogP contribution >= 0.6 is 11.6 Å². The van der Waals surface area contributed by atoms with Gasteiger partial charge in [-0.1, -0.05) is 17.7 Å². The maximum absolute atomic E-state index is 12.8. The van der Waals surface area contributed by atoms with Crippen molar-refractivity contribution < 1.29 is 4.79 Å². The molecule has 1 aromatic carbocycles. The van der Waals surface area contributed by atoms with Crippen LogP contribution in [0.4, 0.5) is 11.4 Å². The van der Waals surface area contributed by atoms with E-state index in [4.69, 9.17) is 17.0 Å². The summed E-state index contributed by atoms with van der Waals surface area (Å²) >= 11 is 6.01. The Morgan fingerprint density at radius 3 is 2.81 bits per heavy atom. The van der Waals surface area contributed by atoms with E-state index in [1.807, 2.05) is 24.3 Å². The summed E-state index contributed by atoms with van der Waals surface area (Å²) in [4.78, 5) is 20.2. The number of carbonyl (C=O) groups excluding carboxylic acids is 1. The summed E-state index contributed by atoms with van der Waals surface area (Å²) in [6, 6.07) is 9.22. The number of rotatable bonds is 6. The van der Waals surface area contributed by atoms with E-state index < -0.39 is 0 Å². The van der Waals surface area contributed by atoms with Crippen molar-refractivity contribution in [2.24, 2.45) is 0 Å². The van der Waals surface area contributed by atoms with Gasteiger partial charge in [0.2, 0.25) is 5.78 Å². The fourth-order valence-electron chi connectivity index (χ4n) is 2.61. The molecule has 0 aliphatic carbocycles. The zero-order chi connectivity index (χ0) is 18.7. The molecule has 2 aromatic heterocycles. The van der Waals surface area contributed by atoms with Crippen LogP contribution in [0.5, 0.6) is 0 Å². The van der Waals surface area contributed by atoms with Gasteiger partial charge in [-0.3, -0.25) is 4.79 Å².